The van der Waals surface area contributed by atoms with Crippen molar-refractivity contribution < 1.29 is 0 Å². The molecule has 0 spiro atoms. The molecular formula is C17H18Br2ClN. The number of rotatable bonds is 4. The number of nitrogens with one attached hydrogen (secondary N) is 1. The minimum absolute atomic E-state index is 0.120. The third kappa shape index (κ3) is 3.89. The molecule has 0 aliphatic heterocycles. The van der Waals surface area contributed by atoms with Gasteiger partial charge in [0.15, 0.2) is 0 Å². The lowest BCUT2D eigenvalue weighted by atomic mass is 9.93. The van der Waals surface area contributed by atoms with Crippen LogP contribution in [0, 0.1) is 13.8 Å². The Morgan fingerprint density at radius 1 is 1.00 bits per heavy atom. The first-order chi connectivity index (χ1) is 9.93. The number of aryl methyl sites for hydroxylation is 2. The van der Waals surface area contributed by atoms with Gasteiger partial charge in [0.2, 0.25) is 0 Å². The summed E-state index contributed by atoms with van der Waals surface area (Å²) in [6, 6.07) is 10.5. The zero-order valence-corrected chi connectivity index (χ0v) is 16.2. The van der Waals surface area contributed by atoms with Crippen molar-refractivity contribution in [2.75, 3.05) is 6.54 Å². The largest absolute Gasteiger partial charge is 0.306 e. The van der Waals surface area contributed by atoms with Gasteiger partial charge in [-0.15, -0.1) is 0 Å². The number of halogens is 3. The van der Waals surface area contributed by atoms with Crippen LogP contribution in [0.1, 0.15) is 35.2 Å². The molecule has 1 nitrogen and oxygen atoms in total. The van der Waals surface area contributed by atoms with Crippen LogP contribution in [-0.4, -0.2) is 6.54 Å². The van der Waals surface area contributed by atoms with Gasteiger partial charge < -0.3 is 5.32 Å². The van der Waals surface area contributed by atoms with Gasteiger partial charge in [-0.1, -0.05) is 56.5 Å². The minimum Gasteiger partial charge on any atom is -0.306 e. The molecule has 2 aromatic carbocycles. The molecule has 0 aromatic heterocycles. The third-order valence-electron chi connectivity index (χ3n) is 3.54. The average molecular weight is 432 g/mol. The Labute approximate surface area is 148 Å². The standard InChI is InChI=1S/C17H18Br2ClN/c1-4-21-17(14-9-12(20)5-6-15(14)18)13-7-11(3)16(19)8-10(13)2/h5-9,17,21H,4H2,1-3H3. The second kappa shape index (κ2) is 7.28. The summed E-state index contributed by atoms with van der Waals surface area (Å²) in [6.45, 7) is 7.26. The van der Waals surface area contributed by atoms with Crippen LogP contribution in [0.25, 0.3) is 0 Å². The van der Waals surface area contributed by atoms with Crippen LogP contribution >= 0.6 is 43.5 Å². The number of hydrogen-bond donors (Lipinski definition) is 1. The molecule has 0 amide bonds. The Morgan fingerprint density at radius 3 is 2.38 bits per heavy atom. The molecule has 0 saturated heterocycles. The second-order valence-electron chi connectivity index (χ2n) is 5.11. The Hall–Kier alpha value is -0.350. The van der Waals surface area contributed by atoms with Crippen LogP contribution in [0.4, 0.5) is 0 Å². The van der Waals surface area contributed by atoms with Gasteiger partial charge in [0, 0.05) is 14.0 Å². The number of hydrogen-bond acceptors (Lipinski definition) is 1. The Kier molecular flexibility index (Phi) is 5.89. The van der Waals surface area contributed by atoms with Gasteiger partial charge in [0.05, 0.1) is 6.04 Å². The molecule has 1 unspecified atom stereocenters. The van der Waals surface area contributed by atoms with Crippen molar-refractivity contribution in [3.05, 3.63) is 66.6 Å². The van der Waals surface area contributed by atoms with E-state index in [0.717, 1.165) is 26.1 Å². The highest BCUT2D eigenvalue weighted by atomic mass is 79.9. The lowest BCUT2D eigenvalue weighted by molar-refractivity contribution is 0.625. The van der Waals surface area contributed by atoms with Gasteiger partial charge in [-0.25, -0.2) is 0 Å². The van der Waals surface area contributed by atoms with Crippen LogP contribution in [0.2, 0.25) is 5.02 Å². The highest BCUT2D eigenvalue weighted by Gasteiger charge is 2.19. The van der Waals surface area contributed by atoms with Gasteiger partial charge in [0.25, 0.3) is 0 Å². The summed E-state index contributed by atoms with van der Waals surface area (Å²) < 4.78 is 2.21. The van der Waals surface area contributed by atoms with Crippen molar-refractivity contribution in [3.8, 4) is 0 Å². The molecule has 1 atom stereocenters. The predicted molar refractivity (Wildman–Crippen MR) is 98.3 cm³/mol. The monoisotopic (exact) mass is 429 g/mol. The molecule has 0 heterocycles. The first kappa shape index (κ1) is 17.0. The van der Waals surface area contributed by atoms with Gasteiger partial charge >= 0.3 is 0 Å². The third-order valence-corrected chi connectivity index (χ3v) is 5.35. The van der Waals surface area contributed by atoms with E-state index in [4.69, 9.17) is 11.6 Å². The van der Waals surface area contributed by atoms with E-state index >= 15 is 0 Å². The van der Waals surface area contributed by atoms with E-state index in [-0.39, 0.29) is 6.04 Å². The maximum Gasteiger partial charge on any atom is 0.0591 e. The SMILES string of the molecule is CCNC(c1cc(C)c(Br)cc1C)c1cc(Cl)ccc1Br. The zero-order valence-electron chi connectivity index (χ0n) is 12.3. The quantitative estimate of drug-likeness (QED) is 0.609. The van der Waals surface area contributed by atoms with E-state index in [1.54, 1.807) is 0 Å². The lowest BCUT2D eigenvalue weighted by Gasteiger charge is -2.23. The number of benzene rings is 2. The minimum atomic E-state index is 0.120. The summed E-state index contributed by atoms with van der Waals surface area (Å²) in [7, 11) is 0. The van der Waals surface area contributed by atoms with E-state index in [1.807, 2.05) is 18.2 Å². The highest BCUT2D eigenvalue weighted by molar-refractivity contribution is 9.10. The van der Waals surface area contributed by atoms with E-state index < -0.39 is 0 Å². The molecule has 1 N–H and O–H groups in total. The van der Waals surface area contributed by atoms with E-state index in [9.17, 15) is 0 Å². The van der Waals surface area contributed by atoms with Crippen molar-refractivity contribution in [3.63, 3.8) is 0 Å². The smallest absolute Gasteiger partial charge is 0.0591 e. The molecule has 0 bridgehead atoms. The highest BCUT2D eigenvalue weighted by Crippen LogP contribution is 2.34. The fourth-order valence-electron chi connectivity index (χ4n) is 2.44. The summed E-state index contributed by atoms with van der Waals surface area (Å²) in [6.07, 6.45) is 0. The zero-order chi connectivity index (χ0) is 15.6. The molecule has 21 heavy (non-hydrogen) atoms. The second-order valence-corrected chi connectivity index (χ2v) is 7.26. The van der Waals surface area contributed by atoms with Crippen LogP contribution in [0.15, 0.2) is 39.3 Å². The van der Waals surface area contributed by atoms with E-state index in [2.05, 4.69) is 70.1 Å². The topological polar surface area (TPSA) is 12.0 Å². The maximum absolute atomic E-state index is 6.19. The van der Waals surface area contributed by atoms with E-state index in [0.29, 0.717) is 0 Å². The molecule has 2 aromatic rings. The summed E-state index contributed by atoms with van der Waals surface area (Å²) >= 11 is 13.4. The van der Waals surface area contributed by atoms with E-state index in [1.165, 1.54) is 16.7 Å². The molecule has 0 saturated carbocycles. The Balaban J connectivity index is 2.58. The predicted octanol–water partition coefficient (Wildman–Crippen LogP) is 6.18. The van der Waals surface area contributed by atoms with Crippen molar-refractivity contribution in [1.29, 1.82) is 0 Å². The van der Waals surface area contributed by atoms with Gasteiger partial charge in [-0.3, -0.25) is 0 Å². The maximum atomic E-state index is 6.19. The van der Waals surface area contributed by atoms with Crippen molar-refractivity contribution in [1.82, 2.24) is 5.32 Å². The first-order valence-corrected chi connectivity index (χ1v) is 8.85. The van der Waals surface area contributed by atoms with Gasteiger partial charge in [0.1, 0.15) is 0 Å². The summed E-state index contributed by atoms with van der Waals surface area (Å²) in [5, 5.41) is 4.32. The Bertz CT molecular complexity index is 655. The van der Waals surface area contributed by atoms with Crippen molar-refractivity contribution >= 4 is 43.5 Å². The fraction of sp³-hybridized carbons (Fsp3) is 0.294. The molecule has 0 fully saturated rings. The molecule has 112 valence electrons. The first-order valence-electron chi connectivity index (χ1n) is 6.89. The Morgan fingerprint density at radius 2 is 1.71 bits per heavy atom. The van der Waals surface area contributed by atoms with Gasteiger partial charge in [-0.2, -0.15) is 0 Å². The van der Waals surface area contributed by atoms with Gasteiger partial charge in [-0.05, 0) is 66.9 Å². The average Bonchev–Trinajstić information content (AvgIpc) is 2.43. The van der Waals surface area contributed by atoms with Crippen LogP contribution in [0.3, 0.4) is 0 Å². The molecule has 0 aliphatic carbocycles. The van der Waals surface area contributed by atoms with Crippen LogP contribution in [0.5, 0.6) is 0 Å². The van der Waals surface area contributed by atoms with Crippen LogP contribution < -0.4 is 5.32 Å². The fourth-order valence-corrected chi connectivity index (χ4v) is 3.56. The van der Waals surface area contributed by atoms with Crippen LogP contribution in [-0.2, 0) is 0 Å². The summed E-state index contributed by atoms with van der Waals surface area (Å²) in [5.41, 5.74) is 4.93. The normalized spacial score (nSPS) is 12.5. The molecular weight excluding hydrogens is 413 g/mol. The van der Waals surface area contributed by atoms with Crippen molar-refractivity contribution in [2.45, 2.75) is 26.8 Å². The van der Waals surface area contributed by atoms with Crippen molar-refractivity contribution in [2.24, 2.45) is 0 Å². The molecule has 4 heteroatoms. The molecule has 0 aliphatic rings. The molecule has 2 rings (SSSR count). The summed E-state index contributed by atoms with van der Waals surface area (Å²) in [4.78, 5) is 0. The molecule has 0 radical (unpaired) electrons. The lowest BCUT2D eigenvalue weighted by Crippen LogP contribution is -2.23. The summed E-state index contributed by atoms with van der Waals surface area (Å²) in [5.74, 6) is 0.